The summed E-state index contributed by atoms with van der Waals surface area (Å²) in [5.74, 6) is 0. The van der Waals surface area contributed by atoms with E-state index < -0.39 is 0 Å². The first-order chi connectivity index (χ1) is 7.66. The highest BCUT2D eigenvalue weighted by Gasteiger charge is 2.30. The van der Waals surface area contributed by atoms with Crippen LogP contribution < -0.4 is 5.73 Å². The van der Waals surface area contributed by atoms with E-state index in [1.165, 1.54) is 0 Å². The Hall–Kier alpha value is -0.160. The molecule has 4 heteroatoms. The fourth-order valence-electron chi connectivity index (χ4n) is 2.65. The SMILES string of the molecule is CC1CC(N2CCOC(C(C)N)C2)CCO1. The predicted octanol–water partition coefficient (Wildman–Crippen LogP) is 0.602. The van der Waals surface area contributed by atoms with Gasteiger partial charge in [-0.25, -0.2) is 0 Å². The second kappa shape index (κ2) is 5.45. The number of hydrogen-bond acceptors (Lipinski definition) is 4. The van der Waals surface area contributed by atoms with Crippen molar-refractivity contribution < 1.29 is 9.47 Å². The van der Waals surface area contributed by atoms with Crippen molar-refractivity contribution in [1.29, 1.82) is 0 Å². The van der Waals surface area contributed by atoms with E-state index in [1.54, 1.807) is 0 Å². The van der Waals surface area contributed by atoms with Crippen LogP contribution in [0.5, 0.6) is 0 Å². The third-order valence-electron chi connectivity index (χ3n) is 3.69. The lowest BCUT2D eigenvalue weighted by molar-refractivity contribution is -0.0801. The van der Waals surface area contributed by atoms with E-state index in [0.29, 0.717) is 12.1 Å². The van der Waals surface area contributed by atoms with Gasteiger partial charge in [0.25, 0.3) is 0 Å². The molecule has 4 unspecified atom stereocenters. The van der Waals surface area contributed by atoms with Crippen LogP contribution in [0.2, 0.25) is 0 Å². The van der Waals surface area contributed by atoms with Crippen molar-refractivity contribution in [2.24, 2.45) is 5.73 Å². The minimum Gasteiger partial charge on any atom is -0.378 e. The van der Waals surface area contributed by atoms with Crippen molar-refractivity contribution in [2.45, 2.75) is 51.0 Å². The van der Waals surface area contributed by atoms with Gasteiger partial charge in [0.1, 0.15) is 0 Å². The second-order valence-electron chi connectivity index (χ2n) is 5.12. The van der Waals surface area contributed by atoms with Crippen molar-refractivity contribution in [3.05, 3.63) is 0 Å². The Kier molecular flexibility index (Phi) is 4.19. The van der Waals surface area contributed by atoms with Gasteiger partial charge >= 0.3 is 0 Å². The molecule has 0 amide bonds. The zero-order chi connectivity index (χ0) is 11.5. The lowest BCUT2D eigenvalue weighted by Gasteiger charge is -2.42. The molecule has 0 bridgehead atoms. The number of nitrogens with zero attached hydrogens (tertiary/aromatic N) is 1. The summed E-state index contributed by atoms with van der Waals surface area (Å²) in [6.07, 6.45) is 2.89. The van der Waals surface area contributed by atoms with Gasteiger partial charge in [-0.15, -0.1) is 0 Å². The van der Waals surface area contributed by atoms with Crippen molar-refractivity contribution in [3.8, 4) is 0 Å². The fraction of sp³-hybridized carbons (Fsp3) is 1.00. The monoisotopic (exact) mass is 228 g/mol. The Bertz CT molecular complexity index is 223. The van der Waals surface area contributed by atoms with Crippen LogP contribution >= 0.6 is 0 Å². The maximum Gasteiger partial charge on any atom is 0.0850 e. The van der Waals surface area contributed by atoms with Crippen LogP contribution in [-0.4, -0.2) is 55.5 Å². The van der Waals surface area contributed by atoms with Crippen molar-refractivity contribution >= 4 is 0 Å². The quantitative estimate of drug-likeness (QED) is 0.752. The van der Waals surface area contributed by atoms with Crippen molar-refractivity contribution in [1.82, 2.24) is 4.90 Å². The Morgan fingerprint density at radius 1 is 1.31 bits per heavy atom. The number of rotatable bonds is 2. The van der Waals surface area contributed by atoms with Crippen molar-refractivity contribution in [2.75, 3.05) is 26.3 Å². The third kappa shape index (κ3) is 2.94. The first kappa shape index (κ1) is 12.3. The summed E-state index contributed by atoms with van der Waals surface area (Å²) in [4.78, 5) is 2.54. The number of nitrogens with two attached hydrogens (primary N) is 1. The average Bonchev–Trinajstić information content (AvgIpc) is 2.29. The van der Waals surface area contributed by atoms with Gasteiger partial charge in [-0.1, -0.05) is 0 Å². The van der Waals surface area contributed by atoms with Gasteiger partial charge in [0.15, 0.2) is 0 Å². The maximum atomic E-state index is 5.91. The normalized spacial score (nSPS) is 39.6. The molecule has 0 saturated carbocycles. The Balaban J connectivity index is 1.88. The zero-order valence-corrected chi connectivity index (χ0v) is 10.4. The molecular formula is C12H24N2O2. The molecule has 2 aliphatic heterocycles. The van der Waals surface area contributed by atoms with E-state index in [1.807, 2.05) is 6.92 Å². The lowest BCUT2D eigenvalue weighted by Crippen LogP contribution is -2.54. The van der Waals surface area contributed by atoms with Gasteiger partial charge in [-0.3, -0.25) is 4.90 Å². The van der Waals surface area contributed by atoms with Gasteiger partial charge in [-0.05, 0) is 26.7 Å². The Labute approximate surface area is 98.1 Å². The van der Waals surface area contributed by atoms with Crippen LogP contribution in [0.25, 0.3) is 0 Å². The average molecular weight is 228 g/mol. The van der Waals surface area contributed by atoms with Crippen LogP contribution in [0.1, 0.15) is 26.7 Å². The second-order valence-corrected chi connectivity index (χ2v) is 5.12. The van der Waals surface area contributed by atoms with Gasteiger partial charge < -0.3 is 15.2 Å². The molecule has 4 atom stereocenters. The standard InChI is InChI=1S/C12H24N2O2/c1-9-7-11(3-5-15-9)14-4-6-16-12(8-14)10(2)13/h9-12H,3-8,13H2,1-2H3. The third-order valence-corrected chi connectivity index (χ3v) is 3.69. The lowest BCUT2D eigenvalue weighted by atomic mass is 10.0. The molecule has 0 radical (unpaired) electrons. The molecular weight excluding hydrogens is 204 g/mol. The highest BCUT2D eigenvalue weighted by atomic mass is 16.5. The molecule has 16 heavy (non-hydrogen) atoms. The summed E-state index contributed by atoms with van der Waals surface area (Å²) in [6.45, 7) is 7.93. The number of morpholine rings is 1. The summed E-state index contributed by atoms with van der Waals surface area (Å²) in [5.41, 5.74) is 5.91. The van der Waals surface area contributed by atoms with Crippen LogP contribution in [0.15, 0.2) is 0 Å². The molecule has 2 saturated heterocycles. The van der Waals surface area contributed by atoms with Gasteiger partial charge in [-0.2, -0.15) is 0 Å². The summed E-state index contributed by atoms with van der Waals surface area (Å²) >= 11 is 0. The molecule has 0 aliphatic carbocycles. The van der Waals surface area contributed by atoms with Crippen LogP contribution in [0.4, 0.5) is 0 Å². The largest absolute Gasteiger partial charge is 0.378 e. The predicted molar refractivity (Wildman–Crippen MR) is 63.4 cm³/mol. The number of ether oxygens (including phenoxy) is 2. The summed E-state index contributed by atoms with van der Waals surface area (Å²) in [5, 5.41) is 0. The van der Waals surface area contributed by atoms with E-state index in [4.69, 9.17) is 15.2 Å². The molecule has 2 fully saturated rings. The molecule has 2 rings (SSSR count). The summed E-state index contributed by atoms with van der Waals surface area (Å²) in [6, 6.07) is 0.786. The maximum absolute atomic E-state index is 5.91. The molecule has 0 aromatic heterocycles. The molecule has 4 nitrogen and oxygen atoms in total. The Morgan fingerprint density at radius 2 is 2.12 bits per heavy atom. The first-order valence-corrected chi connectivity index (χ1v) is 6.39. The van der Waals surface area contributed by atoms with Gasteiger partial charge in [0.2, 0.25) is 0 Å². The molecule has 0 aromatic carbocycles. The molecule has 2 heterocycles. The molecule has 2 N–H and O–H groups in total. The fourth-order valence-corrected chi connectivity index (χ4v) is 2.65. The van der Waals surface area contributed by atoms with E-state index >= 15 is 0 Å². The highest BCUT2D eigenvalue weighted by molar-refractivity contribution is 4.84. The molecule has 94 valence electrons. The van der Waals surface area contributed by atoms with Crippen LogP contribution in [-0.2, 0) is 9.47 Å². The van der Waals surface area contributed by atoms with Crippen LogP contribution in [0.3, 0.4) is 0 Å². The van der Waals surface area contributed by atoms with E-state index in [0.717, 1.165) is 39.1 Å². The summed E-state index contributed by atoms with van der Waals surface area (Å²) in [7, 11) is 0. The summed E-state index contributed by atoms with van der Waals surface area (Å²) < 4.78 is 11.3. The minimum absolute atomic E-state index is 0.125. The van der Waals surface area contributed by atoms with E-state index in [2.05, 4.69) is 11.8 Å². The Morgan fingerprint density at radius 3 is 2.81 bits per heavy atom. The van der Waals surface area contributed by atoms with Gasteiger partial charge in [0, 0.05) is 31.8 Å². The minimum atomic E-state index is 0.125. The zero-order valence-electron chi connectivity index (χ0n) is 10.4. The molecule has 2 aliphatic rings. The van der Waals surface area contributed by atoms with E-state index in [9.17, 15) is 0 Å². The molecule has 0 spiro atoms. The van der Waals surface area contributed by atoms with Crippen LogP contribution in [0, 0.1) is 0 Å². The van der Waals surface area contributed by atoms with Gasteiger partial charge in [0.05, 0.1) is 18.8 Å². The highest BCUT2D eigenvalue weighted by Crippen LogP contribution is 2.21. The smallest absolute Gasteiger partial charge is 0.0850 e. The number of hydrogen-bond donors (Lipinski definition) is 1. The molecule has 0 aromatic rings. The topological polar surface area (TPSA) is 47.7 Å². The first-order valence-electron chi connectivity index (χ1n) is 6.39. The van der Waals surface area contributed by atoms with Crippen molar-refractivity contribution in [3.63, 3.8) is 0 Å². The van der Waals surface area contributed by atoms with E-state index in [-0.39, 0.29) is 12.1 Å².